The topological polar surface area (TPSA) is 25.2 Å². The number of benzene rings is 2. The Bertz CT molecular complexity index is 808. The molecule has 3 aromatic rings. The predicted molar refractivity (Wildman–Crippen MR) is 106 cm³/mol. The predicted octanol–water partition coefficient (Wildman–Crippen LogP) is 4.98. The molecule has 0 fully saturated rings. The molecule has 0 saturated heterocycles. The average Bonchev–Trinajstić information content (AvgIpc) is 3.12. The van der Waals surface area contributed by atoms with E-state index in [4.69, 9.17) is 0 Å². The highest BCUT2D eigenvalue weighted by Gasteiger charge is 2.17. The van der Waals surface area contributed by atoms with Gasteiger partial charge in [-0.3, -0.25) is 4.79 Å². The Balaban J connectivity index is 1.77. The summed E-state index contributed by atoms with van der Waals surface area (Å²) in [5, 5.41) is 0. The third-order valence-electron chi connectivity index (χ3n) is 4.56. The number of unbranched alkanes of at least 4 members (excludes halogenated alkanes) is 1. The molecule has 3 rings (SSSR count). The van der Waals surface area contributed by atoms with E-state index in [-0.39, 0.29) is 5.91 Å². The number of rotatable bonds is 8. The number of amides is 1. The zero-order valence-electron chi connectivity index (χ0n) is 15.3. The quantitative estimate of drug-likeness (QED) is 0.565. The van der Waals surface area contributed by atoms with E-state index in [1.54, 1.807) is 0 Å². The summed E-state index contributed by atoms with van der Waals surface area (Å²) in [4.78, 5) is 14.9. The maximum Gasteiger partial charge on any atom is 0.254 e. The van der Waals surface area contributed by atoms with E-state index in [9.17, 15) is 4.79 Å². The molecule has 1 amide bonds. The molecule has 0 aliphatic rings. The lowest BCUT2D eigenvalue weighted by atomic mass is 10.1. The van der Waals surface area contributed by atoms with Gasteiger partial charge >= 0.3 is 0 Å². The molecule has 0 aliphatic heterocycles. The van der Waals surface area contributed by atoms with Gasteiger partial charge in [0, 0.05) is 30.5 Å². The molecular formula is C23H26N2O. The lowest BCUT2D eigenvalue weighted by Gasteiger charge is -2.24. The standard InChI is InChI=1S/C23H26N2O/c1-2-3-16-25(23(26)21-13-8-5-9-14-21)19-22-15-10-17-24(22)18-20-11-6-4-7-12-20/h4-15,17H,2-3,16,18-19H2,1H3. The minimum Gasteiger partial charge on any atom is -0.345 e. The Morgan fingerprint density at radius 2 is 1.62 bits per heavy atom. The van der Waals surface area contributed by atoms with Crippen molar-refractivity contribution in [1.82, 2.24) is 9.47 Å². The van der Waals surface area contributed by atoms with Gasteiger partial charge in [-0.15, -0.1) is 0 Å². The van der Waals surface area contributed by atoms with Crippen molar-refractivity contribution in [3.05, 3.63) is 95.8 Å². The minimum absolute atomic E-state index is 0.103. The van der Waals surface area contributed by atoms with Crippen molar-refractivity contribution in [1.29, 1.82) is 0 Å². The fraction of sp³-hybridized carbons (Fsp3) is 0.261. The SMILES string of the molecule is CCCCN(Cc1cccn1Cc1ccccc1)C(=O)c1ccccc1. The summed E-state index contributed by atoms with van der Waals surface area (Å²) in [5.74, 6) is 0.103. The van der Waals surface area contributed by atoms with Crippen molar-refractivity contribution in [2.24, 2.45) is 0 Å². The monoisotopic (exact) mass is 346 g/mol. The molecule has 2 aromatic carbocycles. The van der Waals surface area contributed by atoms with Gasteiger partial charge in [0.1, 0.15) is 0 Å². The lowest BCUT2D eigenvalue weighted by Crippen LogP contribution is -2.32. The third-order valence-corrected chi connectivity index (χ3v) is 4.56. The molecule has 0 unspecified atom stereocenters. The summed E-state index contributed by atoms with van der Waals surface area (Å²) in [7, 11) is 0. The second kappa shape index (κ2) is 9.04. The summed E-state index contributed by atoms with van der Waals surface area (Å²) in [5.41, 5.74) is 3.18. The number of carbonyl (C=O) groups is 1. The number of carbonyl (C=O) groups excluding carboxylic acids is 1. The molecule has 3 nitrogen and oxygen atoms in total. The zero-order valence-corrected chi connectivity index (χ0v) is 15.3. The van der Waals surface area contributed by atoms with Crippen molar-refractivity contribution < 1.29 is 4.79 Å². The molecule has 0 saturated carbocycles. The van der Waals surface area contributed by atoms with E-state index in [1.807, 2.05) is 41.3 Å². The van der Waals surface area contributed by atoms with Crippen LogP contribution < -0.4 is 0 Å². The largest absolute Gasteiger partial charge is 0.345 e. The van der Waals surface area contributed by atoms with Gasteiger partial charge in [-0.2, -0.15) is 0 Å². The van der Waals surface area contributed by atoms with Crippen molar-refractivity contribution in [3.8, 4) is 0 Å². The van der Waals surface area contributed by atoms with E-state index >= 15 is 0 Å². The first kappa shape index (κ1) is 18.0. The number of nitrogens with zero attached hydrogens (tertiary/aromatic N) is 2. The van der Waals surface area contributed by atoms with Crippen LogP contribution >= 0.6 is 0 Å². The first-order valence-electron chi connectivity index (χ1n) is 9.30. The van der Waals surface area contributed by atoms with Crippen LogP contribution in [0, 0.1) is 0 Å². The van der Waals surface area contributed by atoms with Crippen LogP contribution in [-0.2, 0) is 13.1 Å². The van der Waals surface area contributed by atoms with Crippen LogP contribution in [0.2, 0.25) is 0 Å². The minimum atomic E-state index is 0.103. The first-order chi connectivity index (χ1) is 12.8. The summed E-state index contributed by atoms with van der Waals surface area (Å²) in [6, 6.07) is 24.2. The fourth-order valence-corrected chi connectivity index (χ4v) is 3.09. The highest BCUT2D eigenvalue weighted by molar-refractivity contribution is 5.94. The highest BCUT2D eigenvalue weighted by atomic mass is 16.2. The third kappa shape index (κ3) is 4.63. The van der Waals surface area contributed by atoms with Gasteiger partial charge in [-0.05, 0) is 36.2 Å². The van der Waals surface area contributed by atoms with Gasteiger partial charge in [0.15, 0.2) is 0 Å². The molecule has 26 heavy (non-hydrogen) atoms. The van der Waals surface area contributed by atoms with Gasteiger partial charge in [0.2, 0.25) is 0 Å². The number of hydrogen-bond donors (Lipinski definition) is 0. The van der Waals surface area contributed by atoms with Crippen molar-refractivity contribution in [2.45, 2.75) is 32.9 Å². The molecule has 3 heteroatoms. The smallest absolute Gasteiger partial charge is 0.254 e. The van der Waals surface area contributed by atoms with Crippen molar-refractivity contribution in [2.75, 3.05) is 6.54 Å². The summed E-state index contributed by atoms with van der Waals surface area (Å²) < 4.78 is 2.23. The second-order valence-corrected chi connectivity index (χ2v) is 6.56. The van der Waals surface area contributed by atoms with Gasteiger partial charge < -0.3 is 9.47 Å². The molecule has 0 spiro atoms. The van der Waals surface area contributed by atoms with Crippen LogP contribution in [0.15, 0.2) is 79.0 Å². The molecule has 134 valence electrons. The van der Waals surface area contributed by atoms with Gasteiger partial charge in [0.05, 0.1) is 6.54 Å². The Kier molecular flexibility index (Phi) is 6.26. The molecular weight excluding hydrogens is 320 g/mol. The first-order valence-corrected chi connectivity index (χ1v) is 9.30. The van der Waals surface area contributed by atoms with E-state index in [1.165, 1.54) is 5.56 Å². The Hall–Kier alpha value is -2.81. The van der Waals surface area contributed by atoms with Crippen LogP contribution in [0.25, 0.3) is 0 Å². The van der Waals surface area contributed by atoms with Crippen LogP contribution in [-0.4, -0.2) is 21.9 Å². The van der Waals surface area contributed by atoms with E-state index in [2.05, 4.69) is 54.1 Å². The molecule has 1 aromatic heterocycles. The van der Waals surface area contributed by atoms with Crippen LogP contribution in [0.4, 0.5) is 0 Å². The second-order valence-electron chi connectivity index (χ2n) is 6.56. The average molecular weight is 346 g/mol. The lowest BCUT2D eigenvalue weighted by molar-refractivity contribution is 0.0737. The Labute approximate surface area is 155 Å². The van der Waals surface area contributed by atoms with Crippen LogP contribution in [0.3, 0.4) is 0 Å². The molecule has 0 aliphatic carbocycles. The Morgan fingerprint density at radius 1 is 0.923 bits per heavy atom. The summed E-state index contributed by atoms with van der Waals surface area (Å²) in [6.45, 7) is 4.39. The fourth-order valence-electron chi connectivity index (χ4n) is 3.09. The van der Waals surface area contributed by atoms with Gasteiger partial charge in [-0.25, -0.2) is 0 Å². The summed E-state index contributed by atoms with van der Waals surface area (Å²) >= 11 is 0. The molecule has 0 atom stereocenters. The molecule has 1 heterocycles. The maximum absolute atomic E-state index is 13.0. The molecule has 0 bridgehead atoms. The highest BCUT2D eigenvalue weighted by Crippen LogP contribution is 2.14. The van der Waals surface area contributed by atoms with Crippen LogP contribution in [0.1, 0.15) is 41.4 Å². The van der Waals surface area contributed by atoms with Crippen LogP contribution in [0.5, 0.6) is 0 Å². The zero-order chi connectivity index (χ0) is 18.2. The van der Waals surface area contributed by atoms with E-state index in [0.717, 1.165) is 37.2 Å². The van der Waals surface area contributed by atoms with E-state index in [0.29, 0.717) is 6.54 Å². The van der Waals surface area contributed by atoms with Gasteiger partial charge in [0.25, 0.3) is 5.91 Å². The maximum atomic E-state index is 13.0. The van der Waals surface area contributed by atoms with Crippen molar-refractivity contribution in [3.63, 3.8) is 0 Å². The van der Waals surface area contributed by atoms with E-state index < -0.39 is 0 Å². The molecule has 0 radical (unpaired) electrons. The number of hydrogen-bond acceptors (Lipinski definition) is 1. The van der Waals surface area contributed by atoms with Gasteiger partial charge in [-0.1, -0.05) is 61.9 Å². The normalized spacial score (nSPS) is 10.7. The Morgan fingerprint density at radius 3 is 2.31 bits per heavy atom. The summed E-state index contributed by atoms with van der Waals surface area (Å²) in [6.07, 6.45) is 4.18. The van der Waals surface area contributed by atoms with Crippen molar-refractivity contribution >= 4 is 5.91 Å². The molecule has 0 N–H and O–H groups in total. The number of aromatic nitrogens is 1.